The third kappa shape index (κ3) is 3.68. The van der Waals surface area contributed by atoms with E-state index in [1.54, 1.807) is 19.9 Å². The molecule has 0 aliphatic carbocycles. The van der Waals surface area contributed by atoms with Crippen molar-refractivity contribution in [3.8, 4) is 0 Å². The molecule has 0 atom stereocenters. The van der Waals surface area contributed by atoms with Crippen molar-refractivity contribution in [2.45, 2.75) is 25.2 Å². The van der Waals surface area contributed by atoms with Crippen LogP contribution in [-0.4, -0.2) is 25.0 Å². The minimum Gasteiger partial charge on any atom is -0.361 e. The maximum Gasteiger partial charge on any atom is 0.270 e. The van der Waals surface area contributed by atoms with Crippen molar-refractivity contribution in [1.29, 1.82) is 0 Å². The molecule has 2 aromatic rings. The normalized spacial score (nSPS) is 11.5. The number of hydrogen-bond acceptors (Lipinski definition) is 6. The van der Waals surface area contributed by atoms with E-state index in [0.29, 0.717) is 23.4 Å². The zero-order valence-electron chi connectivity index (χ0n) is 12.1. The molecule has 0 saturated carbocycles. The van der Waals surface area contributed by atoms with E-state index in [2.05, 4.69) is 9.88 Å². The molecular weight excluding hydrogens is 310 g/mol. The van der Waals surface area contributed by atoms with Crippen molar-refractivity contribution in [3.05, 3.63) is 51.4 Å². The van der Waals surface area contributed by atoms with Gasteiger partial charge in [0.15, 0.2) is 0 Å². The average Bonchev–Trinajstić information content (AvgIpc) is 2.84. The number of sulfonamides is 1. The average molecular weight is 325 g/mol. The second-order valence-electron chi connectivity index (χ2n) is 4.79. The van der Waals surface area contributed by atoms with Gasteiger partial charge in [-0.15, -0.1) is 0 Å². The van der Waals surface area contributed by atoms with E-state index in [-0.39, 0.29) is 17.1 Å². The standard InChI is InChI=1S/C13H15N3O5S/c1-9-3-4-11(16(17)18)8-13(9)22(19,20)14-6-5-12-7-10(2)15-21-12/h3-4,7-8,14H,5-6H2,1-2H3. The first-order valence-electron chi connectivity index (χ1n) is 6.46. The highest BCUT2D eigenvalue weighted by Gasteiger charge is 2.20. The molecule has 118 valence electrons. The fourth-order valence-corrected chi connectivity index (χ4v) is 3.21. The number of nitrogens with one attached hydrogen (secondary N) is 1. The predicted molar refractivity (Wildman–Crippen MR) is 78.0 cm³/mol. The Morgan fingerprint density at radius 1 is 1.32 bits per heavy atom. The number of nitro groups is 1. The van der Waals surface area contributed by atoms with E-state index in [4.69, 9.17) is 4.52 Å². The first-order chi connectivity index (χ1) is 10.3. The highest BCUT2D eigenvalue weighted by Crippen LogP contribution is 2.21. The molecule has 0 spiro atoms. The Morgan fingerprint density at radius 3 is 2.64 bits per heavy atom. The van der Waals surface area contributed by atoms with Crippen LogP contribution in [0.3, 0.4) is 0 Å². The maximum atomic E-state index is 12.2. The first kappa shape index (κ1) is 16.1. The Bertz CT molecular complexity index is 798. The third-order valence-electron chi connectivity index (χ3n) is 3.01. The maximum absolute atomic E-state index is 12.2. The van der Waals surface area contributed by atoms with Crippen LogP contribution in [-0.2, 0) is 16.4 Å². The van der Waals surface area contributed by atoms with Crippen LogP contribution in [0.4, 0.5) is 5.69 Å². The van der Waals surface area contributed by atoms with E-state index < -0.39 is 14.9 Å². The lowest BCUT2D eigenvalue weighted by atomic mass is 10.2. The molecule has 1 heterocycles. The SMILES string of the molecule is Cc1cc(CCNS(=O)(=O)c2cc([N+](=O)[O-])ccc2C)on1. The molecule has 0 radical (unpaired) electrons. The smallest absolute Gasteiger partial charge is 0.270 e. The molecule has 22 heavy (non-hydrogen) atoms. The van der Waals surface area contributed by atoms with Gasteiger partial charge < -0.3 is 4.52 Å². The highest BCUT2D eigenvalue weighted by molar-refractivity contribution is 7.89. The molecule has 1 aromatic heterocycles. The summed E-state index contributed by atoms with van der Waals surface area (Å²) in [5.41, 5.74) is 0.887. The lowest BCUT2D eigenvalue weighted by molar-refractivity contribution is -0.385. The first-order valence-corrected chi connectivity index (χ1v) is 7.95. The van der Waals surface area contributed by atoms with Crippen molar-refractivity contribution in [1.82, 2.24) is 9.88 Å². The number of non-ortho nitro benzene ring substituents is 1. The Hall–Kier alpha value is -2.26. The van der Waals surface area contributed by atoms with Gasteiger partial charge in [0.2, 0.25) is 10.0 Å². The Kier molecular flexibility index (Phi) is 4.57. The van der Waals surface area contributed by atoms with Crippen LogP contribution in [0.25, 0.3) is 0 Å². The number of aromatic nitrogens is 1. The fraction of sp³-hybridized carbons (Fsp3) is 0.308. The Morgan fingerprint density at radius 2 is 2.05 bits per heavy atom. The quantitative estimate of drug-likeness (QED) is 0.638. The molecule has 0 bridgehead atoms. The van der Waals surface area contributed by atoms with Crippen molar-refractivity contribution >= 4 is 15.7 Å². The van der Waals surface area contributed by atoms with Gasteiger partial charge >= 0.3 is 0 Å². The number of benzene rings is 1. The van der Waals surface area contributed by atoms with Crippen molar-refractivity contribution in [2.75, 3.05) is 6.54 Å². The summed E-state index contributed by atoms with van der Waals surface area (Å²) in [6.07, 6.45) is 0.341. The largest absolute Gasteiger partial charge is 0.361 e. The summed E-state index contributed by atoms with van der Waals surface area (Å²) in [5, 5.41) is 14.5. The molecule has 2 rings (SSSR count). The second-order valence-corrected chi connectivity index (χ2v) is 6.52. The van der Waals surface area contributed by atoms with Gasteiger partial charge in [0.25, 0.3) is 5.69 Å². The van der Waals surface area contributed by atoms with Gasteiger partial charge in [-0.1, -0.05) is 11.2 Å². The van der Waals surface area contributed by atoms with E-state index in [9.17, 15) is 18.5 Å². The molecule has 0 aliphatic heterocycles. The molecular formula is C13H15N3O5S. The van der Waals surface area contributed by atoms with E-state index >= 15 is 0 Å². The van der Waals surface area contributed by atoms with Gasteiger partial charge in [0.05, 0.1) is 15.5 Å². The lowest BCUT2D eigenvalue weighted by Gasteiger charge is -2.08. The number of hydrogen-bond donors (Lipinski definition) is 1. The summed E-state index contributed by atoms with van der Waals surface area (Å²) in [5.74, 6) is 0.566. The van der Waals surface area contributed by atoms with Gasteiger partial charge in [-0.25, -0.2) is 13.1 Å². The number of nitrogens with zero attached hydrogens (tertiary/aromatic N) is 2. The topological polar surface area (TPSA) is 115 Å². The van der Waals surface area contributed by atoms with Crippen LogP contribution >= 0.6 is 0 Å². The molecule has 8 nitrogen and oxygen atoms in total. The minimum absolute atomic E-state index is 0.101. The third-order valence-corrected chi connectivity index (χ3v) is 4.62. The lowest BCUT2D eigenvalue weighted by Crippen LogP contribution is -2.26. The van der Waals surface area contributed by atoms with E-state index in [1.807, 2.05) is 0 Å². The minimum atomic E-state index is -3.83. The van der Waals surface area contributed by atoms with Crippen LogP contribution in [0.5, 0.6) is 0 Å². The Labute approximate surface area is 127 Å². The summed E-state index contributed by atoms with van der Waals surface area (Å²) in [6.45, 7) is 3.46. The summed E-state index contributed by atoms with van der Waals surface area (Å²) < 4.78 is 31.9. The van der Waals surface area contributed by atoms with Gasteiger partial charge in [-0.3, -0.25) is 10.1 Å². The van der Waals surface area contributed by atoms with E-state index in [0.717, 1.165) is 6.07 Å². The zero-order chi connectivity index (χ0) is 16.3. The second kappa shape index (κ2) is 6.24. The molecule has 0 fully saturated rings. The number of nitro benzene ring substituents is 1. The van der Waals surface area contributed by atoms with Crippen molar-refractivity contribution in [2.24, 2.45) is 0 Å². The van der Waals surface area contributed by atoms with Crippen LogP contribution in [0, 0.1) is 24.0 Å². The van der Waals surface area contributed by atoms with Crippen LogP contribution < -0.4 is 4.72 Å². The van der Waals surface area contributed by atoms with Crippen LogP contribution in [0.15, 0.2) is 33.7 Å². The molecule has 0 amide bonds. The van der Waals surface area contributed by atoms with Gasteiger partial charge in [0.1, 0.15) is 5.76 Å². The summed E-state index contributed by atoms with van der Waals surface area (Å²) in [6, 6.07) is 5.45. The molecule has 0 aliphatic rings. The number of aryl methyl sites for hydroxylation is 2. The molecule has 1 aromatic carbocycles. The van der Waals surface area contributed by atoms with Crippen molar-refractivity contribution < 1.29 is 17.9 Å². The summed E-state index contributed by atoms with van der Waals surface area (Å²) in [7, 11) is -3.83. The highest BCUT2D eigenvalue weighted by atomic mass is 32.2. The molecule has 1 N–H and O–H groups in total. The summed E-state index contributed by atoms with van der Waals surface area (Å²) in [4.78, 5) is 10.0. The Balaban J connectivity index is 2.12. The fourth-order valence-electron chi connectivity index (χ4n) is 1.91. The molecule has 0 unspecified atom stereocenters. The summed E-state index contributed by atoms with van der Waals surface area (Å²) >= 11 is 0. The van der Waals surface area contributed by atoms with Crippen LogP contribution in [0.2, 0.25) is 0 Å². The van der Waals surface area contributed by atoms with Gasteiger partial charge in [0, 0.05) is 31.2 Å². The van der Waals surface area contributed by atoms with Gasteiger partial charge in [-0.05, 0) is 19.4 Å². The van der Waals surface area contributed by atoms with Gasteiger partial charge in [-0.2, -0.15) is 0 Å². The number of rotatable bonds is 6. The van der Waals surface area contributed by atoms with E-state index in [1.165, 1.54) is 12.1 Å². The molecule has 9 heteroatoms. The molecule has 0 saturated heterocycles. The zero-order valence-corrected chi connectivity index (χ0v) is 12.9. The van der Waals surface area contributed by atoms with Crippen molar-refractivity contribution in [3.63, 3.8) is 0 Å². The monoisotopic (exact) mass is 325 g/mol. The van der Waals surface area contributed by atoms with Crippen LogP contribution in [0.1, 0.15) is 17.0 Å². The predicted octanol–water partition coefficient (Wildman–Crippen LogP) is 1.72.